The van der Waals surface area contributed by atoms with Gasteiger partial charge in [0.2, 0.25) is 0 Å². The maximum Gasteiger partial charge on any atom is 0.0833 e. The fourth-order valence-corrected chi connectivity index (χ4v) is 1.28. The molecule has 0 saturated heterocycles. The zero-order valence-electron chi connectivity index (χ0n) is 9.10. The summed E-state index contributed by atoms with van der Waals surface area (Å²) in [5.41, 5.74) is 1.12. The third-order valence-electron chi connectivity index (χ3n) is 2.31. The lowest BCUT2D eigenvalue weighted by Crippen LogP contribution is -2.25. The normalized spacial score (nSPS) is 14.5. The molecule has 1 N–H and O–H groups in total. The van der Waals surface area contributed by atoms with Crippen molar-refractivity contribution in [2.75, 3.05) is 0 Å². The number of benzene rings is 1. The van der Waals surface area contributed by atoms with Crippen LogP contribution in [0.2, 0.25) is 0 Å². The third-order valence-corrected chi connectivity index (χ3v) is 2.31. The van der Waals surface area contributed by atoms with Gasteiger partial charge in [0, 0.05) is 0 Å². The zero-order valence-corrected chi connectivity index (χ0v) is 9.10. The minimum atomic E-state index is -0.466. The highest BCUT2D eigenvalue weighted by Gasteiger charge is 2.12. The zero-order chi connectivity index (χ0) is 11.1. The summed E-state index contributed by atoms with van der Waals surface area (Å²) in [6, 6.07) is 9.94. The standard InChI is InChI=1S/C13H18O2/c1-3-7-13(14)11(2)15-10-12-8-5-4-6-9-12/h3-6,8-9,11,13-14H,1,7,10H2,2H3/t11-,13+/m0/s1. The molecule has 15 heavy (non-hydrogen) atoms. The van der Waals surface area contributed by atoms with Crippen LogP contribution in [0.5, 0.6) is 0 Å². The van der Waals surface area contributed by atoms with E-state index in [0.717, 1.165) is 5.56 Å². The van der Waals surface area contributed by atoms with Gasteiger partial charge in [0.1, 0.15) is 0 Å². The molecule has 0 amide bonds. The largest absolute Gasteiger partial charge is 0.390 e. The lowest BCUT2D eigenvalue weighted by Gasteiger charge is -2.18. The predicted molar refractivity (Wildman–Crippen MR) is 61.5 cm³/mol. The van der Waals surface area contributed by atoms with Gasteiger partial charge in [-0.1, -0.05) is 36.4 Å². The van der Waals surface area contributed by atoms with E-state index in [1.807, 2.05) is 37.3 Å². The van der Waals surface area contributed by atoms with E-state index >= 15 is 0 Å². The van der Waals surface area contributed by atoms with Gasteiger partial charge < -0.3 is 9.84 Å². The second-order valence-corrected chi connectivity index (χ2v) is 3.59. The molecular formula is C13H18O2. The smallest absolute Gasteiger partial charge is 0.0833 e. The van der Waals surface area contributed by atoms with Gasteiger partial charge in [0.15, 0.2) is 0 Å². The van der Waals surface area contributed by atoms with E-state index in [4.69, 9.17) is 4.74 Å². The van der Waals surface area contributed by atoms with Gasteiger partial charge in [-0.3, -0.25) is 0 Å². The first-order chi connectivity index (χ1) is 7.24. The Morgan fingerprint density at radius 3 is 2.67 bits per heavy atom. The number of aliphatic hydroxyl groups excluding tert-OH is 1. The molecule has 2 nitrogen and oxygen atoms in total. The maximum absolute atomic E-state index is 9.60. The first-order valence-corrected chi connectivity index (χ1v) is 5.18. The second kappa shape index (κ2) is 6.38. The Hall–Kier alpha value is -1.12. The maximum atomic E-state index is 9.60. The molecule has 0 radical (unpaired) electrons. The molecule has 82 valence electrons. The van der Waals surface area contributed by atoms with Crippen molar-refractivity contribution in [3.8, 4) is 0 Å². The Kier molecular flexibility index (Phi) is 5.08. The molecule has 0 fully saturated rings. The van der Waals surface area contributed by atoms with Gasteiger partial charge >= 0.3 is 0 Å². The van der Waals surface area contributed by atoms with Crippen LogP contribution in [0.1, 0.15) is 18.9 Å². The second-order valence-electron chi connectivity index (χ2n) is 3.59. The van der Waals surface area contributed by atoms with E-state index in [1.165, 1.54) is 0 Å². The van der Waals surface area contributed by atoms with E-state index in [-0.39, 0.29) is 6.10 Å². The van der Waals surface area contributed by atoms with Crippen molar-refractivity contribution in [2.24, 2.45) is 0 Å². The Morgan fingerprint density at radius 1 is 1.40 bits per heavy atom. The van der Waals surface area contributed by atoms with Crippen LogP contribution in [0.25, 0.3) is 0 Å². The summed E-state index contributed by atoms with van der Waals surface area (Å²) >= 11 is 0. The molecule has 2 atom stereocenters. The van der Waals surface area contributed by atoms with Gasteiger partial charge in [-0.05, 0) is 18.9 Å². The summed E-state index contributed by atoms with van der Waals surface area (Å²) in [5, 5.41) is 9.60. The average molecular weight is 206 g/mol. The summed E-state index contributed by atoms with van der Waals surface area (Å²) in [6.07, 6.45) is 1.64. The van der Waals surface area contributed by atoms with E-state index in [9.17, 15) is 5.11 Å². The van der Waals surface area contributed by atoms with Crippen molar-refractivity contribution in [3.63, 3.8) is 0 Å². The number of ether oxygens (including phenoxy) is 1. The quantitative estimate of drug-likeness (QED) is 0.725. The lowest BCUT2D eigenvalue weighted by molar-refractivity contribution is -0.0333. The molecule has 1 rings (SSSR count). The number of rotatable bonds is 6. The molecule has 2 heteroatoms. The van der Waals surface area contributed by atoms with Crippen LogP contribution < -0.4 is 0 Å². The molecule has 0 aliphatic heterocycles. The molecule has 0 unspecified atom stereocenters. The van der Waals surface area contributed by atoms with E-state index < -0.39 is 6.10 Å². The minimum absolute atomic E-state index is 0.164. The van der Waals surface area contributed by atoms with Crippen LogP contribution in [-0.2, 0) is 11.3 Å². The van der Waals surface area contributed by atoms with Gasteiger partial charge in [0.25, 0.3) is 0 Å². The van der Waals surface area contributed by atoms with E-state index in [0.29, 0.717) is 13.0 Å². The highest BCUT2D eigenvalue weighted by Crippen LogP contribution is 2.08. The molecule has 0 aliphatic rings. The van der Waals surface area contributed by atoms with Crippen LogP contribution >= 0.6 is 0 Å². The first-order valence-electron chi connectivity index (χ1n) is 5.18. The number of hydrogen-bond acceptors (Lipinski definition) is 2. The van der Waals surface area contributed by atoms with Crippen LogP contribution in [-0.4, -0.2) is 17.3 Å². The summed E-state index contributed by atoms with van der Waals surface area (Å²) in [4.78, 5) is 0. The molecular weight excluding hydrogens is 188 g/mol. The van der Waals surface area contributed by atoms with E-state index in [2.05, 4.69) is 6.58 Å². The van der Waals surface area contributed by atoms with E-state index in [1.54, 1.807) is 6.08 Å². The average Bonchev–Trinajstić information content (AvgIpc) is 2.27. The number of aliphatic hydroxyl groups is 1. The summed E-state index contributed by atoms with van der Waals surface area (Å²) in [7, 11) is 0. The van der Waals surface area contributed by atoms with Crippen molar-refractivity contribution < 1.29 is 9.84 Å². The molecule has 0 heterocycles. The van der Waals surface area contributed by atoms with Crippen molar-refractivity contribution in [1.82, 2.24) is 0 Å². The first kappa shape index (κ1) is 12.0. The summed E-state index contributed by atoms with van der Waals surface area (Å²) < 4.78 is 5.54. The monoisotopic (exact) mass is 206 g/mol. The van der Waals surface area contributed by atoms with Gasteiger partial charge in [-0.2, -0.15) is 0 Å². The number of hydrogen-bond donors (Lipinski definition) is 1. The van der Waals surface area contributed by atoms with Crippen molar-refractivity contribution in [2.45, 2.75) is 32.2 Å². The van der Waals surface area contributed by atoms with Gasteiger partial charge in [0.05, 0.1) is 18.8 Å². The molecule has 1 aromatic carbocycles. The van der Waals surface area contributed by atoms with Crippen LogP contribution in [0.15, 0.2) is 43.0 Å². The highest BCUT2D eigenvalue weighted by atomic mass is 16.5. The molecule has 0 aromatic heterocycles. The van der Waals surface area contributed by atoms with Crippen LogP contribution in [0, 0.1) is 0 Å². The summed E-state index contributed by atoms with van der Waals surface area (Å²) in [6.45, 7) is 6.00. The lowest BCUT2D eigenvalue weighted by atomic mass is 10.1. The van der Waals surface area contributed by atoms with Crippen molar-refractivity contribution >= 4 is 0 Å². The van der Waals surface area contributed by atoms with Crippen molar-refractivity contribution in [3.05, 3.63) is 48.6 Å². The Balaban J connectivity index is 2.34. The highest BCUT2D eigenvalue weighted by molar-refractivity contribution is 5.13. The Bertz CT molecular complexity index is 282. The predicted octanol–water partition coefficient (Wildman–Crippen LogP) is 2.53. The molecule has 0 saturated carbocycles. The Morgan fingerprint density at radius 2 is 2.07 bits per heavy atom. The van der Waals surface area contributed by atoms with Gasteiger partial charge in [-0.15, -0.1) is 6.58 Å². The molecule has 0 bridgehead atoms. The molecule has 0 spiro atoms. The van der Waals surface area contributed by atoms with Crippen molar-refractivity contribution in [1.29, 1.82) is 0 Å². The van der Waals surface area contributed by atoms with Gasteiger partial charge in [-0.25, -0.2) is 0 Å². The molecule has 0 aliphatic carbocycles. The fraction of sp³-hybridized carbons (Fsp3) is 0.385. The Labute approximate surface area is 91.2 Å². The third kappa shape index (κ3) is 4.28. The minimum Gasteiger partial charge on any atom is -0.390 e. The van der Waals surface area contributed by atoms with Crippen LogP contribution in [0.4, 0.5) is 0 Å². The molecule has 1 aromatic rings. The topological polar surface area (TPSA) is 29.5 Å². The fourth-order valence-electron chi connectivity index (χ4n) is 1.28. The van der Waals surface area contributed by atoms with Crippen LogP contribution in [0.3, 0.4) is 0 Å². The summed E-state index contributed by atoms with van der Waals surface area (Å²) in [5.74, 6) is 0. The SMILES string of the molecule is C=CC[C@@H](O)[C@H](C)OCc1ccccc1.